The highest BCUT2D eigenvalue weighted by atomic mass is 32.2. The molecule has 0 rings (SSSR count). The molecule has 182 valence electrons. The minimum absolute atomic E-state index is 0.117. The third-order valence-corrected chi connectivity index (χ3v) is 4.89. The fourth-order valence-electron chi connectivity index (χ4n) is 2.51. The third kappa shape index (κ3) is 10.9. The summed E-state index contributed by atoms with van der Waals surface area (Å²) in [7, 11) is 0. The lowest BCUT2D eigenvalue weighted by Crippen LogP contribution is -2.59. The summed E-state index contributed by atoms with van der Waals surface area (Å²) in [6.07, 6.45) is 0.618. The summed E-state index contributed by atoms with van der Waals surface area (Å²) in [4.78, 5) is 70.9. The van der Waals surface area contributed by atoms with Gasteiger partial charge >= 0.3 is 11.9 Å². The molecule has 32 heavy (non-hydrogen) atoms. The normalized spacial score (nSPS) is 14.5. The first-order valence-corrected chi connectivity index (χ1v) is 11.1. The lowest BCUT2D eigenvalue weighted by Gasteiger charge is -2.26. The van der Waals surface area contributed by atoms with Crippen molar-refractivity contribution in [2.75, 3.05) is 12.0 Å². The molecule has 0 spiro atoms. The molecule has 0 heterocycles. The molecule has 4 unspecified atom stereocenters. The van der Waals surface area contributed by atoms with Crippen LogP contribution in [0.15, 0.2) is 0 Å². The van der Waals surface area contributed by atoms with Crippen LogP contribution in [0.3, 0.4) is 0 Å². The number of carbonyl (C=O) groups is 6. The lowest BCUT2D eigenvalue weighted by molar-refractivity contribution is -0.142. The van der Waals surface area contributed by atoms with Crippen molar-refractivity contribution in [3.8, 4) is 0 Å². The Bertz CT molecular complexity index is 717. The van der Waals surface area contributed by atoms with Crippen molar-refractivity contribution in [3.05, 3.63) is 0 Å². The van der Waals surface area contributed by atoms with Gasteiger partial charge in [0.25, 0.3) is 0 Å². The van der Waals surface area contributed by atoms with Crippen molar-refractivity contribution >= 4 is 47.3 Å². The Morgan fingerprint density at radius 2 is 1.44 bits per heavy atom. The van der Waals surface area contributed by atoms with Crippen molar-refractivity contribution in [1.29, 1.82) is 0 Å². The second kappa shape index (κ2) is 14.2. The van der Waals surface area contributed by atoms with E-state index in [9.17, 15) is 33.9 Å². The fourth-order valence-corrected chi connectivity index (χ4v) is 2.98. The monoisotopic (exact) mass is 477 g/mol. The van der Waals surface area contributed by atoms with Gasteiger partial charge in [0.2, 0.25) is 23.6 Å². The van der Waals surface area contributed by atoms with Crippen molar-refractivity contribution in [2.45, 2.75) is 57.3 Å². The molecule has 14 heteroatoms. The molecule has 0 saturated carbocycles. The third-order valence-electron chi connectivity index (χ3n) is 4.24. The topological polar surface area (TPSA) is 231 Å². The van der Waals surface area contributed by atoms with Crippen molar-refractivity contribution in [3.63, 3.8) is 0 Å². The van der Waals surface area contributed by atoms with Crippen LogP contribution in [0.4, 0.5) is 0 Å². The predicted octanol–water partition coefficient (Wildman–Crippen LogP) is -2.39. The molecule has 0 aliphatic carbocycles. The average Bonchev–Trinajstić information content (AvgIpc) is 2.66. The summed E-state index contributed by atoms with van der Waals surface area (Å²) in [5.74, 6) is -6.23. The first-order chi connectivity index (χ1) is 14.8. The highest BCUT2D eigenvalue weighted by molar-refractivity contribution is 7.98. The highest BCUT2D eigenvalue weighted by Crippen LogP contribution is 2.06. The van der Waals surface area contributed by atoms with E-state index in [2.05, 4.69) is 16.0 Å². The number of primary amides is 1. The number of hydrogen-bond donors (Lipinski definition) is 7. The number of nitrogens with one attached hydrogen (secondary N) is 3. The van der Waals surface area contributed by atoms with Gasteiger partial charge in [0.05, 0.1) is 18.9 Å². The molecule has 0 aliphatic rings. The molecule has 4 amide bonds. The minimum atomic E-state index is -1.48. The van der Waals surface area contributed by atoms with Crippen LogP contribution in [0.2, 0.25) is 0 Å². The van der Waals surface area contributed by atoms with Crippen LogP contribution in [-0.4, -0.2) is 82.0 Å². The molecule has 0 saturated heterocycles. The molecule has 0 aromatic rings. The van der Waals surface area contributed by atoms with E-state index in [1.165, 1.54) is 11.8 Å². The van der Waals surface area contributed by atoms with Gasteiger partial charge in [-0.1, -0.05) is 13.8 Å². The van der Waals surface area contributed by atoms with Gasteiger partial charge < -0.3 is 37.6 Å². The van der Waals surface area contributed by atoms with Crippen LogP contribution in [0.1, 0.15) is 33.1 Å². The average molecular weight is 478 g/mol. The van der Waals surface area contributed by atoms with Gasteiger partial charge in [-0.25, -0.2) is 4.79 Å². The summed E-state index contributed by atoms with van der Waals surface area (Å²) in [5.41, 5.74) is 10.6. The molecule has 9 N–H and O–H groups in total. The van der Waals surface area contributed by atoms with Crippen molar-refractivity contribution < 1.29 is 39.0 Å². The Balaban J connectivity index is 5.42. The smallest absolute Gasteiger partial charge is 0.326 e. The summed E-state index contributed by atoms with van der Waals surface area (Å²) >= 11 is 1.38. The standard InChI is InChI=1S/C18H31N5O8S/c1-8(2)14(23-15(27)9(19)6-13(25)26)17(29)22-11(7-12(20)24)16(28)21-10(18(30)31)4-5-32-3/h8-11,14H,4-7,19H2,1-3H3,(H2,20,24)(H,21,28)(H,22,29)(H,23,27)(H,25,26)(H,30,31). The van der Waals surface area contributed by atoms with Gasteiger partial charge in [-0.05, 0) is 24.3 Å². The van der Waals surface area contributed by atoms with E-state index in [1.54, 1.807) is 20.1 Å². The zero-order valence-electron chi connectivity index (χ0n) is 18.1. The van der Waals surface area contributed by atoms with Crippen LogP contribution in [0, 0.1) is 5.92 Å². The van der Waals surface area contributed by atoms with Crippen LogP contribution in [0.25, 0.3) is 0 Å². The maximum Gasteiger partial charge on any atom is 0.326 e. The Morgan fingerprint density at radius 3 is 1.88 bits per heavy atom. The summed E-state index contributed by atoms with van der Waals surface area (Å²) in [5, 5.41) is 24.9. The van der Waals surface area contributed by atoms with Crippen molar-refractivity contribution in [2.24, 2.45) is 17.4 Å². The molecular weight excluding hydrogens is 446 g/mol. The zero-order valence-corrected chi connectivity index (χ0v) is 18.9. The molecule has 13 nitrogen and oxygen atoms in total. The zero-order chi connectivity index (χ0) is 25.0. The largest absolute Gasteiger partial charge is 0.481 e. The van der Waals surface area contributed by atoms with Crippen LogP contribution in [-0.2, 0) is 28.8 Å². The van der Waals surface area contributed by atoms with E-state index >= 15 is 0 Å². The second-order valence-corrected chi connectivity index (χ2v) is 8.33. The van der Waals surface area contributed by atoms with Gasteiger partial charge in [0.1, 0.15) is 18.1 Å². The van der Waals surface area contributed by atoms with Gasteiger partial charge in [-0.2, -0.15) is 11.8 Å². The van der Waals surface area contributed by atoms with Crippen LogP contribution in [0.5, 0.6) is 0 Å². The van der Waals surface area contributed by atoms with E-state index in [0.717, 1.165) is 0 Å². The molecule has 4 atom stereocenters. The van der Waals surface area contributed by atoms with E-state index in [4.69, 9.17) is 16.6 Å². The second-order valence-electron chi connectivity index (χ2n) is 7.35. The minimum Gasteiger partial charge on any atom is -0.481 e. The maximum atomic E-state index is 12.7. The first-order valence-electron chi connectivity index (χ1n) is 9.68. The van der Waals surface area contributed by atoms with E-state index in [0.29, 0.717) is 5.75 Å². The molecular formula is C18H31N5O8S. The number of carboxylic acid groups (broad SMARTS) is 2. The quantitative estimate of drug-likeness (QED) is 0.132. The summed E-state index contributed by atoms with van der Waals surface area (Å²) in [6, 6.07) is -5.34. The van der Waals surface area contributed by atoms with E-state index < -0.39 is 78.5 Å². The predicted molar refractivity (Wildman–Crippen MR) is 115 cm³/mol. The summed E-state index contributed by atoms with van der Waals surface area (Å²) < 4.78 is 0. The van der Waals surface area contributed by atoms with Gasteiger partial charge in [-0.3, -0.25) is 24.0 Å². The first kappa shape index (κ1) is 29.1. The number of rotatable bonds is 15. The van der Waals surface area contributed by atoms with Crippen LogP contribution >= 0.6 is 11.8 Å². The molecule has 0 bridgehead atoms. The molecule has 0 fully saturated rings. The van der Waals surface area contributed by atoms with Gasteiger partial charge in [-0.15, -0.1) is 0 Å². The van der Waals surface area contributed by atoms with E-state index in [1.807, 2.05) is 0 Å². The lowest BCUT2D eigenvalue weighted by atomic mass is 10.0. The SMILES string of the molecule is CSCCC(NC(=O)C(CC(N)=O)NC(=O)C(NC(=O)C(N)CC(=O)O)C(C)C)C(=O)O. The molecule has 0 aromatic heterocycles. The molecule has 0 aromatic carbocycles. The number of carboxylic acids is 2. The Kier molecular flexibility index (Phi) is 13.0. The number of nitrogens with two attached hydrogens (primary N) is 2. The van der Waals surface area contributed by atoms with Gasteiger partial charge in [0, 0.05) is 0 Å². The van der Waals surface area contributed by atoms with E-state index in [-0.39, 0.29) is 6.42 Å². The highest BCUT2D eigenvalue weighted by Gasteiger charge is 2.32. The fraction of sp³-hybridized carbons (Fsp3) is 0.667. The Morgan fingerprint density at radius 1 is 0.875 bits per heavy atom. The Hall–Kier alpha value is -2.87. The number of aliphatic carboxylic acids is 2. The molecule has 0 radical (unpaired) electrons. The Labute approximate surface area is 189 Å². The number of thioether (sulfide) groups is 1. The number of hydrogen-bond acceptors (Lipinski definition) is 8. The molecule has 0 aliphatic heterocycles. The van der Waals surface area contributed by atoms with Crippen molar-refractivity contribution in [1.82, 2.24) is 16.0 Å². The summed E-state index contributed by atoms with van der Waals surface area (Å²) in [6.45, 7) is 3.17. The number of amides is 4. The van der Waals surface area contributed by atoms with Crippen LogP contribution < -0.4 is 27.4 Å². The number of carbonyl (C=O) groups excluding carboxylic acids is 4. The van der Waals surface area contributed by atoms with Gasteiger partial charge in [0.15, 0.2) is 0 Å². The maximum absolute atomic E-state index is 12.7.